The first-order valence-electron chi connectivity index (χ1n) is 3.23. The molecule has 0 saturated carbocycles. The first-order valence-corrected chi connectivity index (χ1v) is 6.36. The van der Waals surface area contributed by atoms with Crippen LogP contribution >= 0.6 is 34.8 Å². The van der Waals surface area contributed by atoms with Crippen LogP contribution in [0, 0.1) is 0 Å². The van der Waals surface area contributed by atoms with Crippen LogP contribution in [0.2, 0.25) is 0 Å². The highest BCUT2D eigenvalue weighted by molar-refractivity contribution is 7.93. The van der Waals surface area contributed by atoms with Crippen molar-refractivity contribution in [3.05, 3.63) is 0 Å². The molecular weight excluding hydrogens is 287 g/mol. The molecule has 0 amide bonds. The second-order valence-corrected chi connectivity index (χ2v) is 6.19. The number of alkyl halides is 6. The van der Waals surface area contributed by atoms with Gasteiger partial charge in [-0.25, -0.2) is 8.42 Å². The SMILES string of the molecule is O=S(=O)(CC(Cl)CCl)C(Cl)C(F)(F)F. The van der Waals surface area contributed by atoms with Gasteiger partial charge in [-0.05, 0) is 0 Å². The van der Waals surface area contributed by atoms with E-state index < -0.39 is 31.9 Å². The summed E-state index contributed by atoms with van der Waals surface area (Å²) in [6.45, 7) is 0. The Hall–Kier alpha value is 0.610. The Morgan fingerprint density at radius 3 is 1.93 bits per heavy atom. The molecule has 0 radical (unpaired) electrons. The van der Waals surface area contributed by atoms with E-state index in [1.54, 1.807) is 0 Å². The molecular formula is C5H6Cl3F3O2S. The molecule has 0 N–H and O–H groups in total. The van der Waals surface area contributed by atoms with Crippen molar-refractivity contribution in [2.75, 3.05) is 11.6 Å². The van der Waals surface area contributed by atoms with Crippen molar-refractivity contribution in [3.63, 3.8) is 0 Å². The van der Waals surface area contributed by atoms with Gasteiger partial charge in [-0.2, -0.15) is 13.2 Å². The van der Waals surface area contributed by atoms with Gasteiger partial charge in [0.25, 0.3) is 0 Å². The van der Waals surface area contributed by atoms with Gasteiger partial charge in [-0.3, -0.25) is 0 Å². The van der Waals surface area contributed by atoms with Crippen LogP contribution in [-0.2, 0) is 9.84 Å². The highest BCUT2D eigenvalue weighted by Crippen LogP contribution is 2.30. The second kappa shape index (κ2) is 5.09. The zero-order chi connectivity index (χ0) is 11.6. The molecule has 0 spiro atoms. The molecule has 86 valence electrons. The third-order valence-corrected chi connectivity index (χ3v) is 5.00. The minimum Gasteiger partial charge on any atom is -0.227 e. The molecule has 0 aliphatic rings. The zero-order valence-corrected chi connectivity index (χ0v) is 9.65. The molecule has 0 heterocycles. The Balaban J connectivity index is 4.64. The van der Waals surface area contributed by atoms with Crippen molar-refractivity contribution in [2.45, 2.75) is 16.3 Å². The van der Waals surface area contributed by atoms with E-state index >= 15 is 0 Å². The lowest BCUT2D eigenvalue weighted by Crippen LogP contribution is -2.35. The molecule has 2 atom stereocenters. The molecule has 2 nitrogen and oxygen atoms in total. The second-order valence-electron chi connectivity index (χ2n) is 2.44. The molecule has 0 aromatic rings. The van der Waals surface area contributed by atoms with Crippen LogP contribution in [0.25, 0.3) is 0 Å². The molecule has 0 fully saturated rings. The Morgan fingerprint density at radius 2 is 1.64 bits per heavy atom. The average Bonchev–Trinajstić information content (AvgIpc) is 2.00. The van der Waals surface area contributed by atoms with Gasteiger partial charge in [0.05, 0.1) is 11.1 Å². The summed E-state index contributed by atoms with van der Waals surface area (Å²) in [7, 11) is -4.51. The van der Waals surface area contributed by atoms with Gasteiger partial charge < -0.3 is 0 Å². The highest BCUT2D eigenvalue weighted by Gasteiger charge is 2.47. The summed E-state index contributed by atoms with van der Waals surface area (Å²) in [6.07, 6.45) is -5.00. The minimum absolute atomic E-state index is 0.262. The van der Waals surface area contributed by atoms with E-state index in [0.29, 0.717) is 0 Å². The van der Waals surface area contributed by atoms with Gasteiger partial charge in [-0.1, -0.05) is 11.6 Å². The number of halogens is 6. The molecule has 0 rings (SSSR count). The normalized spacial score (nSPS) is 17.9. The lowest BCUT2D eigenvalue weighted by Gasteiger charge is -2.15. The van der Waals surface area contributed by atoms with Crippen LogP contribution in [0.5, 0.6) is 0 Å². The lowest BCUT2D eigenvalue weighted by atomic mass is 10.6. The fraction of sp³-hybridized carbons (Fsp3) is 1.00. The Labute approximate surface area is 94.2 Å². The van der Waals surface area contributed by atoms with Crippen LogP contribution in [0.3, 0.4) is 0 Å². The third kappa shape index (κ3) is 4.42. The topological polar surface area (TPSA) is 34.1 Å². The van der Waals surface area contributed by atoms with E-state index in [2.05, 4.69) is 0 Å². The summed E-state index contributed by atoms with van der Waals surface area (Å²) in [5.41, 5.74) is 0. The van der Waals surface area contributed by atoms with Gasteiger partial charge >= 0.3 is 6.18 Å². The summed E-state index contributed by atoms with van der Waals surface area (Å²) in [5.74, 6) is -1.16. The quantitative estimate of drug-likeness (QED) is 0.746. The van der Waals surface area contributed by atoms with Crippen LogP contribution in [0.4, 0.5) is 13.2 Å². The molecule has 0 aliphatic carbocycles. The molecule has 0 aromatic carbocycles. The van der Waals surface area contributed by atoms with E-state index in [9.17, 15) is 21.6 Å². The van der Waals surface area contributed by atoms with Crippen molar-refractivity contribution >= 4 is 44.6 Å². The zero-order valence-electron chi connectivity index (χ0n) is 6.56. The average molecular weight is 294 g/mol. The maximum absolute atomic E-state index is 11.9. The first kappa shape index (κ1) is 14.6. The molecule has 0 aromatic heterocycles. The van der Waals surface area contributed by atoms with E-state index in [1.165, 1.54) is 0 Å². The number of sulfone groups is 1. The molecule has 0 saturated heterocycles. The summed E-state index contributed by atoms with van der Waals surface area (Å²) in [5, 5.41) is -1.08. The van der Waals surface area contributed by atoms with E-state index in [4.69, 9.17) is 34.8 Å². The van der Waals surface area contributed by atoms with E-state index in [-0.39, 0.29) is 5.88 Å². The largest absolute Gasteiger partial charge is 0.419 e. The summed E-state index contributed by atoms with van der Waals surface area (Å²) < 4.78 is 54.7. The monoisotopic (exact) mass is 292 g/mol. The molecule has 0 bridgehead atoms. The standard InChI is InChI=1S/C5H6Cl3F3O2S/c6-1-3(7)2-14(12,13)4(8)5(9,10)11/h3-4H,1-2H2. The van der Waals surface area contributed by atoms with Gasteiger partial charge in [-0.15, -0.1) is 23.2 Å². The highest BCUT2D eigenvalue weighted by atomic mass is 35.5. The van der Waals surface area contributed by atoms with Crippen molar-refractivity contribution in [3.8, 4) is 0 Å². The fourth-order valence-corrected chi connectivity index (χ4v) is 2.77. The summed E-state index contributed by atoms with van der Waals surface area (Å²) in [4.78, 5) is 0. The van der Waals surface area contributed by atoms with E-state index in [0.717, 1.165) is 0 Å². The molecule has 0 aliphatic heterocycles. The Kier molecular flexibility index (Phi) is 5.32. The van der Waals surface area contributed by atoms with Crippen LogP contribution in [-0.4, -0.2) is 36.3 Å². The molecule has 14 heavy (non-hydrogen) atoms. The summed E-state index contributed by atoms with van der Waals surface area (Å²) >= 11 is 15.2. The molecule has 9 heteroatoms. The predicted octanol–water partition coefficient (Wildman–Crippen LogP) is 2.37. The summed E-state index contributed by atoms with van der Waals surface area (Å²) in [6, 6.07) is 0. The van der Waals surface area contributed by atoms with Crippen LogP contribution < -0.4 is 0 Å². The third-order valence-electron chi connectivity index (χ3n) is 1.15. The van der Waals surface area contributed by atoms with Gasteiger partial charge in [0.1, 0.15) is 0 Å². The van der Waals surface area contributed by atoms with Gasteiger partial charge in [0, 0.05) is 5.88 Å². The number of rotatable bonds is 4. The van der Waals surface area contributed by atoms with Gasteiger partial charge in [0.2, 0.25) is 4.71 Å². The number of hydrogen-bond donors (Lipinski definition) is 0. The minimum atomic E-state index is -5.00. The fourth-order valence-electron chi connectivity index (χ4n) is 0.585. The van der Waals surface area contributed by atoms with Crippen molar-refractivity contribution in [1.82, 2.24) is 0 Å². The first-order chi connectivity index (χ1) is 6.11. The van der Waals surface area contributed by atoms with Gasteiger partial charge in [0.15, 0.2) is 9.84 Å². The smallest absolute Gasteiger partial charge is 0.227 e. The number of hydrogen-bond acceptors (Lipinski definition) is 2. The lowest BCUT2D eigenvalue weighted by molar-refractivity contribution is -0.115. The van der Waals surface area contributed by atoms with Crippen LogP contribution in [0.1, 0.15) is 0 Å². The van der Waals surface area contributed by atoms with Crippen molar-refractivity contribution in [1.29, 1.82) is 0 Å². The van der Waals surface area contributed by atoms with Crippen molar-refractivity contribution in [2.24, 2.45) is 0 Å². The van der Waals surface area contributed by atoms with Crippen molar-refractivity contribution < 1.29 is 21.6 Å². The Morgan fingerprint density at radius 1 is 1.21 bits per heavy atom. The Bertz CT molecular complexity index is 276. The van der Waals surface area contributed by atoms with E-state index in [1.807, 2.05) is 0 Å². The van der Waals surface area contributed by atoms with Crippen LogP contribution in [0.15, 0.2) is 0 Å². The maximum Gasteiger partial charge on any atom is 0.419 e. The maximum atomic E-state index is 11.9. The molecule has 2 unspecified atom stereocenters. The predicted molar refractivity (Wildman–Crippen MR) is 49.8 cm³/mol.